The highest BCUT2D eigenvalue weighted by atomic mass is 79.9. The minimum Gasteiger partial charge on any atom is -0.508 e. The van der Waals surface area contributed by atoms with Gasteiger partial charge in [0.1, 0.15) is 11.8 Å². The van der Waals surface area contributed by atoms with Crippen molar-refractivity contribution in [2.45, 2.75) is 6.42 Å². The summed E-state index contributed by atoms with van der Waals surface area (Å²) in [7, 11) is 0. The monoisotopic (exact) mass is 255 g/mol. The SMILES string of the molecule is N#Cc1cc(O)cc(CC(=O)O)c1Br. The van der Waals surface area contributed by atoms with E-state index in [1.807, 2.05) is 6.07 Å². The summed E-state index contributed by atoms with van der Waals surface area (Å²) in [4.78, 5) is 10.4. The molecule has 0 heterocycles. The van der Waals surface area contributed by atoms with E-state index in [1.165, 1.54) is 12.1 Å². The van der Waals surface area contributed by atoms with Crippen molar-refractivity contribution < 1.29 is 15.0 Å². The second-order valence-corrected chi connectivity index (χ2v) is 3.44. The van der Waals surface area contributed by atoms with E-state index < -0.39 is 5.97 Å². The number of rotatable bonds is 2. The highest BCUT2D eigenvalue weighted by Gasteiger charge is 2.10. The summed E-state index contributed by atoms with van der Waals surface area (Å²) in [5.41, 5.74) is 0.607. The first-order valence-electron chi connectivity index (χ1n) is 3.68. The minimum atomic E-state index is -1.01. The number of hydrogen-bond acceptors (Lipinski definition) is 3. The van der Waals surface area contributed by atoms with Gasteiger partial charge in [0.25, 0.3) is 0 Å². The smallest absolute Gasteiger partial charge is 0.307 e. The van der Waals surface area contributed by atoms with Gasteiger partial charge in [0, 0.05) is 4.47 Å². The second kappa shape index (κ2) is 4.11. The molecule has 1 rings (SSSR count). The summed E-state index contributed by atoms with van der Waals surface area (Å²) in [5, 5.41) is 26.4. The van der Waals surface area contributed by atoms with Gasteiger partial charge in [0.05, 0.1) is 12.0 Å². The van der Waals surface area contributed by atoms with Gasteiger partial charge in [-0.05, 0) is 33.6 Å². The highest BCUT2D eigenvalue weighted by Crippen LogP contribution is 2.26. The quantitative estimate of drug-likeness (QED) is 0.842. The van der Waals surface area contributed by atoms with Crippen molar-refractivity contribution in [1.29, 1.82) is 5.26 Å². The minimum absolute atomic E-state index is 0.110. The number of carboxylic acid groups (broad SMARTS) is 1. The maximum Gasteiger partial charge on any atom is 0.307 e. The molecule has 0 aliphatic rings. The Morgan fingerprint density at radius 1 is 1.57 bits per heavy atom. The van der Waals surface area contributed by atoms with E-state index in [0.29, 0.717) is 10.0 Å². The van der Waals surface area contributed by atoms with E-state index in [2.05, 4.69) is 15.9 Å². The maximum absolute atomic E-state index is 10.4. The second-order valence-electron chi connectivity index (χ2n) is 2.65. The molecular formula is C9H6BrNO3. The Balaban J connectivity index is 3.23. The number of nitrogens with zero attached hydrogens (tertiary/aromatic N) is 1. The Bertz CT molecular complexity index is 423. The lowest BCUT2D eigenvalue weighted by Crippen LogP contribution is -2.01. The van der Waals surface area contributed by atoms with E-state index in [9.17, 15) is 9.90 Å². The average molecular weight is 256 g/mol. The largest absolute Gasteiger partial charge is 0.508 e. The zero-order valence-electron chi connectivity index (χ0n) is 6.99. The van der Waals surface area contributed by atoms with E-state index >= 15 is 0 Å². The van der Waals surface area contributed by atoms with Gasteiger partial charge in [-0.3, -0.25) is 4.79 Å². The van der Waals surface area contributed by atoms with Crippen molar-refractivity contribution in [3.05, 3.63) is 27.7 Å². The number of aromatic hydroxyl groups is 1. The normalized spacial score (nSPS) is 9.43. The number of benzene rings is 1. The van der Waals surface area contributed by atoms with Crippen LogP contribution in [0, 0.1) is 11.3 Å². The van der Waals surface area contributed by atoms with Crippen LogP contribution in [0.2, 0.25) is 0 Å². The molecule has 5 heteroatoms. The Labute approximate surface area is 88.5 Å². The van der Waals surface area contributed by atoms with E-state index in [0.717, 1.165) is 0 Å². The fourth-order valence-corrected chi connectivity index (χ4v) is 1.50. The van der Waals surface area contributed by atoms with Gasteiger partial charge in [-0.1, -0.05) is 0 Å². The molecule has 0 saturated heterocycles. The van der Waals surface area contributed by atoms with Crippen molar-refractivity contribution in [3.8, 4) is 11.8 Å². The van der Waals surface area contributed by atoms with Gasteiger partial charge in [0.2, 0.25) is 0 Å². The van der Waals surface area contributed by atoms with Crippen LogP contribution in [0.4, 0.5) is 0 Å². The summed E-state index contributed by atoms with van der Waals surface area (Å²) >= 11 is 3.11. The van der Waals surface area contributed by atoms with Gasteiger partial charge in [-0.25, -0.2) is 0 Å². The fraction of sp³-hybridized carbons (Fsp3) is 0.111. The summed E-state index contributed by atoms with van der Waals surface area (Å²) < 4.78 is 0.417. The molecule has 72 valence electrons. The molecule has 0 aliphatic carbocycles. The first kappa shape index (κ1) is 10.5. The molecule has 4 nitrogen and oxygen atoms in total. The topological polar surface area (TPSA) is 81.3 Å². The maximum atomic E-state index is 10.4. The van der Waals surface area contributed by atoms with Crippen molar-refractivity contribution in [2.24, 2.45) is 0 Å². The van der Waals surface area contributed by atoms with Crippen LogP contribution in [0.15, 0.2) is 16.6 Å². The molecule has 0 amide bonds. The molecule has 1 aromatic rings. The third kappa shape index (κ3) is 2.24. The van der Waals surface area contributed by atoms with Gasteiger partial charge in [-0.15, -0.1) is 0 Å². The Morgan fingerprint density at radius 2 is 2.21 bits per heavy atom. The number of nitriles is 1. The summed E-state index contributed by atoms with van der Waals surface area (Å²) in [6, 6.07) is 4.44. The summed E-state index contributed by atoms with van der Waals surface area (Å²) in [5.74, 6) is -1.12. The molecule has 14 heavy (non-hydrogen) atoms. The third-order valence-corrected chi connectivity index (χ3v) is 2.53. The first-order valence-corrected chi connectivity index (χ1v) is 4.47. The zero-order valence-corrected chi connectivity index (χ0v) is 8.58. The van der Waals surface area contributed by atoms with Crippen LogP contribution in [-0.2, 0) is 11.2 Å². The van der Waals surface area contributed by atoms with Crippen LogP contribution in [0.5, 0.6) is 5.75 Å². The van der Waals surface area contributed by atoms with Crippen molar-refractivity contribution in [3.63, 3.8) is 0 Å². The lowest BCUT2D eigenvalue weighted by atomic mass is 10.1. The van der Waals surface area contributed by atoms with Crippen LogP contribution < -0.4 is 0 Å². The number of carbonyl (C=O) groups is 1. The number of hydrogen-bond donors (Lipinski definition) is 2. The average Bonchev–Trinajstić information content (AvgIpc) is 2.09. The van der Waals surface area contributed by atoms with E-state index in [4.69, 9.17) is 10.4 Å². The molecule has 0 atom stereocenters. The van der Waals surface area contributed by atoms with Gasteiger partial charge < -0.3 is 10.2 Å². The van der Waals surface area contributed by atoms with Crippen molar-refractivity contribution in [1.82, 2.24) is 0 Å². The number of halogens is 1. The van der Waals surface area contributed by atoms with E-state index in [1.54, 1.807) is 0 Å². The van der Waals surface area contributed by atoms with Gasteiger partial charge in [-0.2, -0.15) is 5.26 Å². The lowest BCUT2D eigenvalue weighted by Gasteiger charge is -2.04. The van der Waals surface area contributed by atoms with Crippen LogP contribution >= 0.6 is 15.9 Å². The third-order valence-electron chi connectivity index (χ3n) is 1.59. The van der Waals surface area contributed by atoms with E-state index in [-0.39, 0.29) is 17.7 Å². The molecule has 0 spiro atoms. The molecule has 0 aliphatic heterocycles. The predicted molar refractivity (Wildman–Crippen MR) is 51.9 cm³/mol. The molecule has 1 aromatic carbocycles. The summed E-state index contributed by atoms with van der Waals surface area (Å²) in [6.07, 6.45) is -0.232. The van der Waals surface area contributed by atoms with Crippen LogP contribution in [0.3, 0.4) is 0 Å². The molecule has 0 bridgehead atoms. The first-order chi connectivity index (χ1) is 6.54. The Morgan fingerprint density at radius 3 is 2.71 bits per heavy atom. The number of aliphatic carboxylic acids is 1. The molecule has 0 fully saturated rings. The number of phenols is 1. The lowest BCUT2D eigenvalue weighted by molar-refractivity contribution is -0.136. The number of carboxylic acids is 1. The van der Waals surface area contributed by atoms with Gasteiger partial charge in [0.15, 0.2) is 0 Å². The molecule has 0 saturated carbocycles. The number of phenolic OH excluding ortho intramolecular Hbond substituents is 1. The zero-order chi connectivity index (χ0) is 10.7. The highest BCUT2D eigenvalue weighted by molar-refractivity contribution is 9.10. The van der Waals surface area contributed by atoms with Crippen LogP contribution in [-0.4, -0.2) is 16.2 Å². The summed E-state index contributed by atoms with van der Waals surface area (Å²) in [6.45, 7) is 0. The standard InChI is InChI=1S/C9H6BrNO3/c10-9-5(3-8(13)14)1-7(12)2-6(9)4-11/h1-2,12H,3H2,(H,13,14). The Kier molecular flexibility index (Phi) is 3.10. The molecule has 0 aromatic heterocycles. The fourth-order valence-electron chi connectivity index (χ4n) is 1.04. The predicted octanol–water partition coefficient (Wildman–Crippen LogP) is 1.65. The van der Waals surface area contributed by atoms with Crippen molar-refractivity contribution >= 4 is 21.9 Å². The molecule has 0 unspecified atom stereocenters. The molecule has 0 radical (unpaired) electrons. The van der Waals surface area contributed by atoms with Crippen molar-refractivity contribution in [2.75, 3.05) is 0 Å². The Hall–Kier alpha value is -1.54. The van der Waals surface area contributed by atoms with Crippen LogP contribution in [0.1, 0.15) is 11.1 Å². The van der Waals surface area contributed by atoms with Gasteiger partial charge >= 0.3 is 5.97 Å². The van der Waals surface area contributed by atoms with Crippen LogP contribution in [0.25, 0.3) is 0 Å². The molecule has 2 N–H and O–H groups in total. The molecular weight excluding hydrogens is 250 g/mol.